The van der Waals surface area contributed by atoms with E-state index in [1.807, 2.05) is 27.7 Å². The van der Waals surface area contributed by atoms with Gasteiger partial charge in [0.15, 0.2) is 0 Å². The highest BCUT2D eigenvalue weighted by Gasteiger charge is 2.10. The van der Waals surface area contributed by atoms with E-state index >= 15 is 0 Å². The summed E-state index contributed by atoms with van der Waals surface area (Å²) in [5.74, 6) is -0.106. The maximum atomic E-state index is 11.5. The van der Waals surface area contributed by atoms with Crippen molar-refractivity contribution in [2.45, 2.75) is 40.2 Å². The van der Waals surface area contributed by atoms with Gasteiger partial charge in [-0.1, -0.05) is 6.92 Å². The van der Waals surface area contributed by atoms with Gasteiger partial charge in [0.2, 0.25) is 11.8 Å². The Kier molecular flexibility index (Phi) is 8.40. The first kappa shape index (κ1) is 15.9. The highest BCUT2D eigenvalue weighted by atomic mass is 16.5. The third-order valence-corrected chi connectivity index (χ3v) is 2.04. The molecule has 0 spiro atoms. The zero-order valence-corrected chi connectivity index (χ0v) is 11.2. The van der Waals surface area contributed by atoms with Gasteiger partial charge in [-0.2, -0.15) is 0 Å². The van der Waals surface area contributed by atoms with Gasteiger partial charge >= 0.3 is 0 Å². The minimum Gasteiger partial charge on any atom is -0.381 e. The number of hydrogen-bond donors (Lipinski definition) is 2. The molecule has 0 bridgehead atoms. The summed E-state index contributed by atoms with van der Waals surface area (Å²) in [6, 6.07) is 0.0938. The molecule has 5 heteroatoms. The van der Waals surface area contributed by atoms with Crippen molar-refractivity contribution in [1.29, 1.82) is 0 Å². The number of ether oxygens (including phenoxy) is 1. The molecule has 0 heterocycles. The first-order valence-corrected chi connectivity index (χ1v) is 6.09. The fourth-order valence-electron chi connectivity index (χ4n) is 1.32. The smallest absolute Gasteiger partial charge is 0.239 e. The van der Waals surface area contributed by atoms with Crippen LogP contribution in [0.1, 0.15) is 34.1 Å². The van der Waals surface area contributed by atoms with Gasteiger partial charge in [0.1, 0.15) is 0 Å². The van der Waals surface area contributed by atoms with E-state index in [2.05, 4.69) is 10.6 Å². The Morgan fingerprint density at radius 3 is 2.35 bits per heavy atom. The van der Waals surface area contributed by atoms with Crippen molar-refractivity contribution >= 4 is 11.8 Å². The fourth-order valence-corrected chi connectivity index (χ4v) is 1.32. The van der Waals surface area contributed by atoms with Gasteiger partial charge in [-0.05, 0) is 26.7 Å². The highest BCUT2D eigenvalue weighted by Crippen LogP contribution is 2.01. The molecule has 0 aliphatic carbocycles. The molecule has 0 aliphatic heterocycles. The second kappa shape index (κ2) is 8.98. The Balaban J connectivity index is 3.68. The Morgan fingerprint density at radius 2 is 1.82 bits per heavy atom. The average Bonchev–Trinajstić information content (AvgIpc) is 2.22. The topological polar surface area (TPSA) is 67.4 Å². The Labute approximate surface area is 103 Å². The summed E-state index contributed by atoms with van der Waals surface area (Å²) in [5.41, 5.74) is 0. The maximum Gasteiger partial charge on any atom is 0.239 e. The van der Waals surface area contributed by atoms with Gasteiger partial charge in [-0.15, -0.1) is 0 Å². The molecule has 2 amide bonds. The van der Waals surface area contributed by atoms with E-state index in [0.717, 1.165) is 0 Å². The van der Waals surface area contributed by atoms with E-state index in [9.17, 15) is 9.59 Å². The van der Waals surface area contributed by atoms with Crippen molar-refractivity contribution in [2.24, 2.45) is 5.92 Å². The summed E-state index contributed by atoms with van der Waals surface area (Å²) in [6.07, 6.45) is 0.384. The van der Waals surface area contributed by atoms with Crippen LogP contribution in [0, 0.1) is 5.92 Å². The standard InChI is InChI=1S/C12H24N2O3/c1-5-17-8-10(4)6-11(15)13-7-12(16)14-9(2)3/h9-10H,5-8H2,1-4H3,(H,13,15)(H,14,16). The van der Waals surface area contributed by atoms with E-state index in [1.54, 1.807) is 0 Å². The van der Waals surface area contributed by atoms with Crippen LogP contribution in [0.25, 0.3) is 0 Å². The van der Waals surface area contributed by atoms with Crippen LogP contribution >= 0.6 is 0 Å². The summed E-state index contributed by atoms with van der Waals surface area (Å²) in [6.45, 7) is 8.89. The minimum absolute atomic E-state index is 0.0400. The summed E-state index contributed by atoms with van der Waals surface area (Å²) in [4.78, 5) is 22.7. The number of rotatable bonds is 8. The monoisotopic (exact) mass is 244 g/mol. The van der Waals surface area contributed by atoms with Crippen LogP contribution in [-0.4, -0.2) is 37.6 Å². The molecule has 0 rings (SSSR count). The van der Waals surface area contributed by atoms with Crippen LogP contribution in [0.15, 0.2) is 0 Å². The van der Waals surface area contributed by atoms with Gasteiger partial charge in [0, 0.05) is 25.7 Å². The molecule has 5 nitrogen and oxygen atoms in total. The van der Waals surface area contributed by atoms with Crippen LogP contribution in [0.5, 0.6) is 0 Å². The molecule has 0 saturated heterocycles. The maximum absolute atomic E-state index is 11.5. The lowest BCUT2D eigenvalue weighted by atomic mass is 10.1. The number of nitrogens with one attached hydrogen (secondary N) is 2. The lowest BCUT2D eigenvalue weighted by molar-refractivity contribution is -0.127. The SMILES string of the molecule is CCOCC(C)CC(=O)NCC(=O)NC(C)C. The zero-order chi connectivity index (χ0) is 13.3. The van der Waals surface area contributed by atoms with Crippen LogP contribution in [0.4, 0.5) is 0 Å². The number of amides is 2. The molecular formula is C12H24N2O3. The van der Waals surface area contributed by atoms with Crippen molar-refractivity contribution in [3.8, 4) is 0 Å². The van der Waals surface area contributed by atoms with Gasteiger partial charge < -0.3 is 15.4 Å². The molecule has 0 aliphatic rings. The van der Waals surface area contributed by atoms with E-state index in [-0.39, 0.29) is 30.3 Å². The number of hydrogen-bond acceptors (Lipinski definition) is 3. The Hall–Kier alpha value is -1.10. The summed E-state index contributed by atoms with van der Waals surface area (Å²) < 4.78 is 5.22. The molecule has 17 heavy (non-hydrogen) atoms. The predicted molar refractivity (Wildman–Crippen MR) is 66.6 cm³/mol. The predicted octanol–water partition coefficient (Wildman–Crippen LogP) is 0.690. The minimum atomic E-state index is -0.161. The molecule has 2 N–H and O–H groups in total. The van der Waals surface area contributed by atoms with E-state index in [0.29, 0.717) is 19.6 Å². The van der Waals surface area contributed by atoms with Crippen molar-refractivity contribution in [2.75, 3.05) is 19.8 Å². The van der Waals surface area contributed by atoms with Crippen LogP contribution in [0.2, 0.25) is 0 Å². The molecule has 0 aromatic heterocycles. The first-order chi connectivity index (χ1) is 7.95. The molecule has 0 aromatic rings. The zero-order valence-electron chi connectivity index (χ0n) is 11.2. The first-order valence-electron chi connectivity index (χ1n) is 6.09. The number of carbonyl (C=O) groups excluding carboxylic acids is 2. The van der Waals surface area contributed by atoms with Crippen molar-refractivity contribution in [3.63, 3.8) is 0 Å². The fraction of sp³-hybridized carbons (Fsp3) is 0.833. The van der Waals surface area contributed by atoms with Crippen LogP contribution < -0.4 is 10.6 Å². The molecule has 0 saturated carbocycles. The van der Waals surface area contributed by atoms with E-state index < -0.39 is 0 Å². The van der Waals surface area contributed by atoms with E-state index in [1.165, 1.54) is 0 Å². The van der Waals surface area contributed by atoms with Crippen LogP contribution in [0.3, 0.4) is 0 Å². The molecule has 1 unspecified atom stereocenters. The van der Waals surface area contributed by atoms with Crippen molar-refractivity contribution < 1.29 is 14.3 Å². The Morgan fingerprint density at radius 1 is 1.18 bits per heavy atom. The third-order valence-electron chi connectivity index (χ3n) is 2.04. The highest BCUT2D eigenvalue weighted by molar-refractivity contribution is 5.84. The normalized spacial score (nSPS) is 12.3. The van der Waals surface area contributed by atoms with Gasteiger partial charge in [-0.3, -0.25) is 9.59 Å². The van der Waals surface area contributed by atoms with Gasteiger partial charge in [-0.25, -0.2) is 0 Å². The molecule has 100 valence electrons. The van der Waals surface area contributed by atoms with Gasteiger partial charge in [0.25, 0.3) is 0 Å². The lowest BCUT2D eigenvalue weighted by Crippen LogP contribution is -2.40. The lowest BCUT2D eigenvalue weighted by Gasteiger charge is -2.12. The molecule has 0 radical (unpaired) electrons. The molecule has 1 atom stereocenters. The second-order valence-corrected chi connectivity index (χ2v) is 4.47. The van der Waals surface area contributed by atoms with Crippen molar-refractivity contribution in [1.82, 2.24) is 10.6 Å². The second-order valence-electron chi connectivity index (χ2n) is 4.47. The Bertz CT molecular complexity index is 242. The quantitative estimate of drug-likeness (QED) is 0.660. The molecular weight excluding hydrogens is 220 g/mol. The summed E-state index contributed by atoms with van der Waals surface area (Å²) in [5, 5.41) is 5.30. The van der Waals surface area contributed by atoms with Crippen molar-refractivity contribution in [3.05, 3.63) is 0 Å². The summed E-state index contributed by atoms with van der Waals surface area (Å²) in [7, 11) is 0. The van der Waals surface area contributed by atoms with Gasteiger partial charge in [0.05, 0.1) is 6.54 Å². The largest absolute Gasteiger partial charge is 0.381 e. The number of carbonyl (C=O) groups is 2. The van der Waals surface area contributed by atoms with E-state index in [4.69, 9.17) is 4.74 Å². The molecule has 0 aromatic carbocycles. The average molecular weight is 244 g/mol. The third kappa shape index (κ3) is 9.81. The van der Waals surface area contributed by atoms with Crippen LogP contribution in [-0.2, 0) is 14.3 Å². The molecule has 0 fully saturated rings. The summed E-state index contributed by atoms with van der Waals surface area (Å²) >= 11 is 0.